The molecule has 0 fully saturated rings. The molecule has 60 heavy (non-hydrogen) atoms. The summed E-state index contributed by atoms with van der Waals surface area (Å²) in [6, 6.07) is 37.5. The zero-order valence-corrected chi connectivity index (χ0v) is 32.7. The highest BCUT2D eigenvalue weighted by molar-refractivity contribution is 6.49. The number of hydrogen-bond donors (Lipinski definition) is 2. The minimum Gasteiger partial charge on any atom is -0.491 e. The Morgan fingerprint density at radius 3 is 2.30 bits per heavy atom. The molecule has 1 aliphatic rings. The second kappa shape index (κ2) is 18.2. The predicted octanol–water partition coefficient (Wildman–Crippen LogP) is 9.69. The molecule has 0 saturated heterocycles. The van der Waals surface area contributed by atoms with Gasteiger partial charge in [0.1, 0.15) is 54.2 Å². The molecule has 300 valence electrons. The van der Waals surface area contributed by atoms with E-state index in [-0.39, 0.29) is 29.3 Å². The number of aromatic nitrogens is 2. The number of nitrogens with zero attached hydrogens (tertiary/aromatic N) is 2. The van der Waals surface area contributed by atoms with Crippen molar-refractivity contribution in [2.75, 3.05) is 25.1 Å². The van der Waals surface area contributed by atoms with E-state index in [1.54, 1.807) is 48.5 Å². The van der Waals surface area contributed by atoms with E-state index in [0.29, 0.717) is 47.7 Å². The number of benzene rings is 6. The number of imide groups is 1. The van der Waals surface area contributed by atoms with Gasteiger partial charge in [-0.15, -0.1) is 0 Å². The summed E-state index contributed by atoms with van der Waals surface area (Å²) in [7, 11) is 0. The molecule has 8 rings (SSSR count). The lowest BCUT2D eigenvalue weighted by molar-refractivity contribution is -0.116. The van der Waals surface area contributed by atoms with Crippen LogP contribution in [0.25, 0.3) is 22.0 Å². The van der Waals surface area contributed by atoms with Gasteiger partial charge in [0.2, 0.25) is 0 Å². The van der Waals surface area contributed by atoms with Crippen LogP contribution in [-0.2, 0) is 22.6 Å². The maximum absolute atomic E-state index is 13.5. The Labute approximate surface area is 349 Å². The number of halogens is 2. The number of ketones is 1. The topological polar surface area (TPSA) is 138 Å². The zero-order chi connectivity index (χ0) is 41.4. The number of amides is 2. The molecule has 2 N–H and O–H groups in total. The third kappa shape index (κ3) is 9.42. The first-order valence-corrected chi connectivity index (χ1v) is 19.4. The molecule has 7 aromatic rings. The molecule has 2 heterocycles. The minimum atomic E-state index is -0.947. The van der Waals surface area contributed by atoms with Crippen LogP contribution in [0.4, 0.5) is 15.9 Å². The Kier molecular flexibility index (Phi) is 12.0. The van der Waals surface area contributed by atoms with Gasteiger partial charge in [-0.2, -0.15) is 0 Å². The van der Waals surface area contributed by atoms with Crippen LogP contribution in [0, 0.1) is 5.82 Å². The van der Waals surface area contributed by atoms with Gasteiger partial charge in [-0.25, -0.2) is 14.4 Å². The van der Waals surface area contributed by atoms with Crippen molar-refractivity contribution in [2.24, 2.45) is 0 Å². The van der Waals surface area contributed by atoms with Crippen LogP contribution in [0.1, 0.15) is 38.3 Å². The van der Waals surface area contributed by atoms with Gasteiger partial charge in [0.15, 0.2) is 0 Å². The second-order valence-corrected chi connectivity index (χ2v) is 14.2. The van der Waals surface area contributed by atoms with Gasteiger partial charge in [-0.1, -0.05) is 60.1 Å². The molecule has 1 aliphatic heterocycles. The van der Waals surface area contributed by atoms with E-state index >= 15 is 0 Å². The molecule has 13 heteroatoms. The van der Waals surface area contributed by atoms with Gasteiger partial charge in [-0.3, -0.25) is 19.7 Å². The summed E-state index contributed by atoms with van der Waals surface area (Å²) in [6.07, 6.45) is 3.10. The Morgan fingerprint density at radius 1 is 0.683 bits per heavy atom. The molecule has 11 nitrogen and oxygen atoms in total. The van der Waals surface area contributed by atoms with Crippen molar-refractivity contribution < 1.29 is 37.7 Å². The average Bonchev–Trinajstić information content (AvgIpc) is 3.26. The van der Waals surface area contributed by atoms with E-state index in [1.165, 1.54) is 24.5 Å². The fourth-order valence-corrected chi connectivity index (χ4v) is 6.87. The summed E-state index contributed by atoms with van der Waals surface area (Å²) in [5.74, 6) is -0.172. The van der Waals surface area contributed by atoms with E-state index in [0.717, 1.165) is 51.9 Å². The van der Waals surface area contributed by atoms with Gasteiger partial charge in [0.05, 0.1) is 22.7 Å². The average molecular weight is 823 g/mol. The minimum absolute atomic E-state index is 0.0270. The maximum atomic E-state index is 13.5. The van der Waals surface area contributed by atoms with Crippen LogP contribution in [0.3, 0.4) is 0 Å². The van der Waals surface area contributed by atoms with Crippen molar-refractivity contribution in [3.05, 3.63) is 167 Å². The molecule has 0 radical (unpaired) electrons. The fraction of sp³-hybridized carbons (Fsp3) is 0.128. The number of fused-ring (bicyclic) bond motifs is 2. The summed E-state index contributed by atoms with van der Waals surface area (Å²) >= 11 is 6.54. The van der Waals surface area contributed by atoms with Crippen LogP contribution in [0.2, 0.25) is 5.02 Å². The lowest BCUT2D eigenvalue weighted by Gasteiger charge is -2.17. The lowest BCUT2D eigenvalue weighted by Crippen LogP contribution is -2.42. The Balaban J connectivity index is 0.784. The van der Waals surface area contributed by atoms with Crippen LogP contribution < -0.4 is 24.8 Å². The van der Waals surface area contributed by atoms with Gasteiger partial charge >= 0.3 is 0 Å². The summed E-state index contributed by atoms with van der Waals surface area (Å²) in [5, 5.41) is 6.64. The van der Waals surface area contributed by atoms with E-state index in [9.17, 15) is 18.8 Å². The third-order valence-corrected chi connectivity index (χ3v) is 9.93. The highest BCUT2D eigenvalue weighted by Gasteiger charge is 2.33. The van der Waals surface area contributed by atoms with Gasteiger partial charge < -0.3 is 24.3 Å². The number of nitrogens with one attached hydrogen (secondary N) is 2. The van der Waals surface area contributed by atoms with Crippen molar-refractivity contribution in [3.8, 4) is 34.1 Å². The molecular weight excluding hydrogens is 787 g/mol. The molecular formula is C47H36ClFN4O7. The van der Waals surface area contributed by atoms with E-state index in [4.69, 9.17) is 30.5 Å². The highest BCUT2D eigenvalue weighted by Crippen LogP contribution is 2.34. The summed E-state index contributed by atoms with van der Waals surface area (Å²) in [4.78, 5) is 45.2. The van der Waals surface area contributed by atoms with E-state index in [1.807, 2.05) is 60.7 Å². The molecule has 0 aliphatic carbocycles. The summed E-state index contributed by atoms with van der Waals surface area (Å²) in [6.45, 7) is 1.59. The van der Waals surface area contributed by atoms with Crippen molar-refractivity contribution in [1.82, 2.24) is 15.3 Å². The second-order valence-electron chi connectivity index (χ2n) is 13.8. The molecule has 0 saturated carbocycles. The Morgan fingerprint density at radius 2 is 1.48 bits per heavy atom. The van der Waals surface area contributed by atoms with Crippen molar-refractivity contribution in [1.29, 1.82) is 0 Å². The molecule has 0 atom stereocenters. The molecule has 0 unspecified atom stereocenters. The lowest BCUT2D eigenvalue weighted by atomic mass is 9.98. The molecule has 0 spiro atoms. The van der Waals surface area contributed by atoms with Gasteiger partial charge in [0.25, 0.3) is 17.6 Å². The quantitative estimate of drug-likeness (QED) is 0.0551. The highest BCUT2D eigenvalue weighted by atomic mass is 35.5. The summed E-state index contributed by atoms with van der Waals surface area (Å²) < 4.78 is 37.0. The van der Waals surface area contributed by atoms with Crippen molar-refractivity contribution >= 4 is 51.6 Å². The molecule has 2 amide bonds. The summed E-state index contributed by atoms with van der Waals surface area (Å²) in [5.41, 5.74) is 5.34. The number of carbonyl (C=O) groups is 3. The van der Waals surface area contributed by atoms with Crippen molar-refractivity contribution in [2.45, 2.75) is 19.4 Å². The first kappa shape index (κ1) is 39.7. The smallest absolute Gasteiger partial charge is 0.299 e. The predicted molar refractivity (Wildman–Crippen MR) is 225 cm³/mol. The standard InChI is InChI=1S/C47H36ClFN4O7/c48-39-26-34(14-20-41(39)59-27-30-4-1-6-33(49)24-30)52-45-38-25-32(13-19-40(38)50-28-51-45)31-11-17-35(18-12-31)58-23-22-57-21-3-5-29-9-15-36(16-10-29)60-42-8-2-7-37-43(42)46(55)53-47(56)44(37)54/h1-2,4,6-20,24-26,28H,3,5,21-23,27H2,(H,50,51,52)(H,53,55,56). The molecule has 6 aromatic carbocycles. The first-order valence-electron chi connectivity index (χ1n) is 19.1. The van der Waals surface area contributed by atoms with Crippen LogP contribution in [0.5, 0.6) is 23.0 Å². The van der Waals surface area contributed by atoms with Crippen LogP contribution >= 0.6 is 11.6 Å². The Hall–Kier alpha value is -7.15. The first-order chi connectivity index (χ1) is 29.3. The third-order valence-electron chi connectivity index (χ3n) is 9.63. The number of aryl methyl sites for hydroxylation is 1. The number of rotatable bonds is 16. The Bertz CT molecular complexity index is 2710. The van der Waals surface area contributed by atoms with E-state index < -0.39 is 17.6 Å². The SMILES string of the molecule is O=C1NC(=O)c2c(Oc3ccc(CCCOCCOc4ccc(-c5ccc6ncnc(Nc7ccc(OCc8cccc(F)c8)c(Cl)c7)c6c5)cc4)cc3)cccc2C1=O. The van der Waals surface area contributed by atoms with E-state index in [2.05, 4.69) is 20.6 Å². The largest absolute Gasteiger partial charge is 0.491 e. The molecule has 1 aromatic heterocycles. The van der Waals surface area contributed by atoms with Gasteiger partial charge in [0, 0.05) is 23.2 Å². The van der Waals surface area contributed by atoms with Crippen LogP contribution in [0.15, 0.2) is 134 Å². The zero-order valence-electron chi connectivity index (χ0n) is 32.0. The maximum Gasteiger partial charge on any atom is 0.299 e. The number of hydrogen-bond acceptors (Lipinski definition) is 10. The number of anilines is 2. The monoisotopic (exact) mass is 822 g/mol. The number of carbonyl (C=O) groups excluding carboxylic acids is 3. The van der Waals surface area contributed by atoms with Crippen LogP contribution in [-0.4, -0.2) is 47.4 Å². The fourth-order valence-electron chi connectivity index (χ4n) is 6.63. The molecule has 0 bridgehead atoms. The normalized spacial score (nSPS) is 12.2. The van der Waals surface area contributed by atoms with Gasteiger partial charge in [-0.05, 0) is 114 Å². The number of Topliss-reactive ketones (excluding diaryl/α,β-unsaturated/α-hetero) is 1. The number of ether oxygens (including phenoxy) is 4. The van der Waals surface area contributed by atoms with Crippen molar-refractivity contribution in [3.63, 3.8) is 0 Å².